The molecule has 0 unspecified atom stereocenters. The number of aldehydes is 1. The van der Waals surface area contributed by atoms with Gasteiger partial charge in [0.1, 0.15) is 5.56 Å². The van der Waals surface area contributed by atoms with Crippen molar-refractivity contribution < 1.29 is 4.79 Å². The average molecular weight is 228 g/mol. The lowest BCUT2D eigenvalue weighted by molar-refractivity contribution is 0.112. The molecule has 0 bridgehead atoms. The summed E-state index contributed by atoms with van der Waals surface area (Å²) in [6, 6.07) is 9.11. The van der Waals surface area contributed by atoms with Crippen LogP contribution in [0.4, 0.5) is 0 Å². The van der Waals surface area contributed by atoms with Crippen LogP contribution < -0.4 is 5.56 Å². The zero-order valence-electron chi connectivity index (χ0n) is 9.22. The number of hydrogen-bond acceptors (Lipinski definition) is 2. The predicted octanol–water partition coefficient (Wildman–Crippen LogP) is 1.71. The molecule has 4 nitrogen and oxygen atoms in total. The SMILES string of the molecule is C=CCc1[nH]n(-c2ccccc2)c(=O)c1C=O. The first-order valence-corrected chi connectivity index (χ1v) is 5.23. The van der Waals surface area contributed by atoms with Gasteiger partial charge in [-0.1, -0.05) is 24.3 Å². The zero-order chi connectivity index (χ0) is 12.3. The fourth-order valence-electron chi connectivity index (χ4n) is 1.68. The molecule has 2 aromatic rings. The molecule has 1 aromatic heterocycles. The molecule has 0 aliphatic rings. The van der Waals surface area contributed by atoms with E-state index in [-0.39, 0.29) is 11.1 Å². The van der Waals surface area contributed by atoms with Crippen LogP contribution in [-0.4, -0.2) is 16.1 Å². The van der Waals surface area contributed by atoms with Crippen molar-refractivity contribution in [2.45, 2.75) is 6.42 Å². The fourth-order valence-corrected chi connectivity index (χ4v) is 1.68. The van der Waals surface area contributed by atoms with E-state index in [1.54, 1.807) is 18.2 Å². The van der Waals surface area contributed by atoms with Crippen LogP contribution in [0.5, 0.6) is 0 Å². The summed E-state index contributed by atoms with van der Waals surface area (Å²) in [4.78, 5) is 22.9. The van der Waals surface area contributed by atoms with Gasteiger partial charge in [-0.2, -0.15) is 0 Å². The molecule has 17 heavy (non-hydrogen) atoms. The number of aromatic amines is 1. The number of aromatic nitrogens is 2. The Morgan fingerprint density at radius 1 is 1.29 bits per heavy atom. The maximum atomic E-state index is 12.0. The molecule has 1 N–H and O–H groups in total. The Hall–Kier alpha value is -2.36. The van der Waals surface area contributed by atoms with Gasteiger partial charge in [0.2, 0.25) is 0 Å². The summed E-state index contributed by atoms with van der Waals surface area (Å²) < 4.78 is 1.36. The third kappa shape index (κ3) is 1.97. The Morgan fingerprint density at radius 2 is 2.00 bits per heavy atom. The number of nitrogens with zero attached hydrogens (tertiary/aromatic N) is 1. The topological polar surface area (TPSA) is 54.9 Å². The van der Waals surface area contributed by atoms with Crippen molar-refractivity contribution in [3.05, 3.63) is 64.6 Å². The molecule has 0 spiro atoms. The average Bonchev–Trinajstić information content (AvgIpc) is 2.67. The van der Waals surface area contributed by atoms with E-state index in [0.717, 1.165) is 0 Å². The van der Waals surface area contributed by atoms with E-state index < -0.39 is 0 Å². The summed E-state index contributed by atoms with van der Waals surface area (Å²) in [7, 11) is 0. The van der Waals surface area contributed by atoms with Gasteiger partial charge in [0.25, 0.3) is 5.56 Å². The molecule has 0 atom stereocenters. The Balaban J connectivity index is 2.60. The zero-order valence-corrected chi connectivity index (χ0v) is 9.22. The van der Waals surface area contributed by atoms with Gasteiger partial charge >= 0.3 is 0 Å². The largest absolute Gasteiger partial charge is 0.298 e. The maximum Gasteiger partial charge on any atom is 0.282 e. The number of para-hydroxylation sites is 1. The van der Waals surface area contributed by atoms with Crippen molar-refractivity contribution in [2.75, 3.05) is 0 Å². The highest BCUT2D eigenvalue weighted by Crippen LogP contribution is 2.07. The molecular formula is C13H12N2O2. The maximum absolute atomic E-state index is 12.0. The lowest BCUT2D eigenvalue weighted by Crippen LogP contribution is -2.16. The first-order valence-electron chi connectivity index (χ1n) is 5.23. The van der Waals surface area contributed by atoms with Crippen LogP contribution in [0.15, 0.2) is 47.8 Å². The normalized spacial score (nSPS) is 10.1. The number of rotatable bonds is 4. The van der Waals surface area contributed by atoms with E-state index in [9.17, 15) is 9.59 Å². The molecular weight excluding hydrogens is 216 g/mol. The molecule has 0 amide bonds. The van der Waals surface area contributed by atoms with E-state index in [2.05, 4.69) is 11.7 Å². The van der Waals surface area contributed by atoms with Crippen LogP contribution in [-0.2, 0) is 6.42 Å². The third-order valence-electron chi connectivity index (χ3n) is 2.49. The van der Waals surface area contributed by atoms with Gasteiger partial charge in [-0.15, -0.1) is 6.58 Å². The van der Waals surface area contributed by atoms with Crippen LogP contribution in [0.2, 0.25) is 0 Å². The molecule has 0 radical (unpaired) electrons. The molecule has 0 fully saturated rings. The second kappa shape index (κ2) is 4.65. The second-order valence-electron chi connectivity index (χ2n) is 3.59. The summed E-state index contributed by atoms with van der Waals surface area (Å²) in [5.41, 5.74) is 1.12. The van der Waals surface area contributed by atoms with Crippen LogP contribution in [0, 0.1) is 0 Å². The molecule has 1 aromatic carbocycles. The van der Waals surface area contributed by atoms with E-state index in [1.165, 1.54) is 4.68 Å². The predicted molar refractivity (Wildman–Crippen MR) is 65.7 cm³/mol. The number of carbonyl (C=O) groups excluding carboxylic acids is 1. The van der Waals surface area contributed by atoms with Gasteiger partial charge in [0.05, 0.1) is 11.4 Å². The van der Waals surface area contributed by atoms with E-state index in [4.69, 9.17) is 0 Å². The fraction of sp³-hybridized carbons (Fsp3) is 0.0769. The minimum Gasteiger partial charge on any atom is -0.298 e. The molecule has 2 rings (SSSR count). The Morgan fingerprint density at radius 3 is 2.59 bits per heavy atom. The number of allylic oxidation sites excluding steroid dienone is 1. The molecule has 0 saturated heterocycles. The monoisotopic (exact) mass is 228 g/mol. The standard InChI is InChI=1S/C13H12N2O2/c1-2-6-12-11(9-16)13(17)15(14-12)10-7-4-3-5-8-10/h2-5,7-9,14H,1,6H2. The summed E-state index contributed by atoms with van der Waals surface area (Å²) in [5.74, 6) is 0. The molecule has 1 heterocycles. The van der Waals surface area contributed by atoms with Gasteiger partial charge < -0.3 is 0 Å². The first-order chi connectivity index (χ1) is 8.27. The lowest BCUT2D eigenvalue weighted by Gasteiger charge is -2.00. The number of benzene rings is 1. The van der Waals surface area contributed by atoms with Crippen LogP contribution >= 0.6 is 0 Å². The Bertz CT molecular complexity index is 594. The smallest absolute Gasteiger partial charge is 0.282 e. The Labute approximate surface area is 98.2 Å². The molecule has 86 valence electrons. The summed E-state index contributed by atoms with van der Waals surface area (Å²) in [6.45, 7) is 3.60. The van der Waals surface area contributed by atoms with Crippen molar-refractivity contribution in [2.24, 2.45) is 0 Å². The molecule has 4 heteroatoms. The quantitative estimate of drug-likeness (QED) is 0.639. The highest BCUT2D eigenvalue weighted by atomic mass is 16.1. The van der Waals surface area contributed by atoms with E-state index >= 15 is 0 Å². The molecule has 0 aliphatic heterocycles. The molecule has 0 saturated carbocycles. The number of nitrogens with one attached hydrogen (secondary N) is 1. The van der Waals surface area contributed by atoms with Crippen LogP contribution in [0.3, 0.4) is 0 Å². The van der Waals surface area contributed by atoms with Crippen LogP contribution in [0.1, 0.15) is 16.1 Å². The minimum atomic E-state index is -0.331. The molecule has 0 aliphatic carbocycles. The van der Waals surface area contributed by atoms with E-state index in [1.807, 2.05) is 18.2 Å². The Kier molecular flexibility index (Phi) is 3.05. The van der Waals surface area contributed by atoms with Crippen molar-refractivity contribution >= 4 is 6.29 Å². The number of hydrogen-bond donors (Lipinski definition) is 1. The third-order valence-corrected chi connectivity index (χ3v) is 2.49. The van der Waals surface area contributed by atoms with Crippen molar-refractivity contribution in [1.82, 2.24) is 9.78 Å². The number of H-pyrrole nitrogens is 1. The summed E-state index contributed by atoms with van der Waals surface area (Å²) in [5, 5.41) is 2.92. The highest BCUT2D eigenvalue weighted by molar-refractivity contribution is 5.76. The van der Waals surface area contributed by atoms with Crippen molar-refractivity contribution in [3.63, 3.8) is 0 Å². The minimum absolute atomic E-state index is 0.161. The van der Waals surface area contributed by atoms with Gasteiger partial charge in [-0.3, -0.25) is 14.7 Å². The lowest BCUT2D eigenvalue weighted by atomic mass is 10.2. The number of carbonyl (C=O) groups is 1. The summed E-state index contributed by atoms with van der Waals surface area (Å²) >= 11 is 0. The van der Waals surface area contributed by atoms with Crippen molar-refractivity contribution in [1.29, 1.82) is 0 Å². The van der Waals surface area contributed by atoms with Gasteiger partial charge in [-0.25, -0.2) is 4.68 Å². The first kappa shape index (κ1) is 11.1. The summed E-state index contributed by atoms with van der Waals surface area (Å²) in [6.07, 6.45) is 2.69. The van der Waals surface area contributed by atoms with Crippen molar-refractivity contribution in [3.8, 4) is 5.69 Å². The van der Waals surface area contributed by atoms with Gasteiger partial charge in [0.15, 0.2) is 6.29 Å². The van der Waals surface area contributed by atoms with Gasteiger partial charge in [0, 0.05) is 6.42 Å². The van der Waals surface area contributed by atoms with E-state index in [0.29, 0.717) is 24.1 Å². The highest BCUT2D eigenvalue weighted by Gasteiger charge is 2.12. The van der Waals surface area contributed by atoms with Crippen LogP contribution in [0.25, 0.3) is 5.69 Å². The second-order valence-corrected chi connectivity index (χ2v) is 3.59. The van der Waals surface area contributed by atoms with Gasteiger partial charge in [-0.05, 0) is 12.1 Å².